The van der Waals surface area contributed by atoms with Crippen molar-refractivity contribution in [3.05, 3.63) is 29.8 Å². The van der Waals surface area contributed by atoms with E-state index in [1.165, 1.54) is 12.8 Å². The van der Waals surface area contributed by atoms with Crippen molar-refractivity contribution in [3.8, 4) is 0 Å². The summed E-state index contributed by atoms with van der Waals surface area (Å²) in [6.45, 7) is 1.92. The number of benzene rings is 1. The number of carbonyl (C=O) groups excluding carboxylic acids is 3. The van der Waals surface area contributed by atoms with Gasteiger partial charge in [0.1, 0.15) is 0 Å². The lowest BCUT2D eigenvalue weighted by atomic mass is 10.2. The Kier molecular flexibility index (Phi) is 7.25. The highest BCUT2D eigenvalue weighted by Gasteiger charge is 2.15. The number of likely N-dealkylation sites (tertiary alicyclic amines) is 1. The molecular formula is C18H26N4O3. The number of rotatable bonds is 5. The van der Waals surface area contributed by atoms with Crippen molar-refractivity contribution < 1.29 is 14.4 Å². The molecule has 1 aliphatic rings. The fraction of sp³-hybridized carbons (Fsp3) is 0.500. The lowest BCUT2D eigenvalue weighted by Gasteiger charge is -2.20. The van der Waals surface area contributed by atoms with Crippen LogP contribution in [0, 0.1) is 0 Å². The van der Waals surface area contributed by atoms with Crippen LogP contribution in [0.5, 0.6) is 0 Å². The molecule has 0 bridgehead atoms. The van der Waals surface area contributed by atoms with Gasteiger partial charge in [0.2, 0.25) is 5.91 Å². The molecule has 136 valence electrons. The molecule has 1 aromatic carbocycles. The van der Waals surface area contributed by atoms with E-state index < -0.39 is 6.03 Å². The van der Waals surface area contributed by atoms with Gasteiger partial charge in [0.05, 0.1) is 0 Å². The molecule has 1 saturated heterocycles. The predicted octanol–water partition coefficient (Wildman–Crippen LogP) is 1.96. The van der Waals surface area contributed by atoms with Gasteiger partial charge >= 0.3 is 6.03 Å². The second-order valence-electron chi connectivity index (χ2n) is 6.09. The van der Waals surface area contributed by atoms with Crippen LogP contribution in [-0.4, -0.2) is 49.4 Å². The minimum absolute atomic E-state index is 0.0869. The van der Waals surface area contributed by atoms with E-state index in [2.05, 4.69) is 16.0 Å². The first kappa shape index (κ1) is 18.8. The summed E-state index contributed by atoms with van der Waals surface area (Å²) < 4.78 is 0. The van der Waals surface area contributed by atoms with Gasteiger partial charge in [0, 0.05) is 44.4 Å². The Morgan fingerprint density at radius 1 is 1.08 bits per heavy atom. The van der Waals surface area contributed by atoms with E-state index in [9.17, 15) is 14.4 Å². The van der Waals surface area contributed by atoms with Crippen LogP contribution in [0.25, 0.3) is 0 Å². The van der Waals surface area contributed by atoms with Crippen LogP contribution in [-0.2, 0) is 4.79 Å². The molecule has 0 aromatic heterocycles. The summed E-state index contributed by atoms with van der Waals surface area (Å²) in [6.07, 6.45) is 4.77. The molecular weight excluding hydrogens is 320 g/mol. The van der Waals surface area contributed by atoms with Gasteiger partial charge in [0.25, 0.3) is 5.91 Å². The number of nitrogens with zero attached hydrogens (tertiary/aromatic N) is 1. The van der Waals surface area contributed by atoms with Crippen LogP contribution in [0.2, 0.25) is 0 Å². The summed E-state index contributed by atoms with van der Waals surface area (Å²) in [4.78, 5) is 37.6. The van der Waals surface area contributed by atoms with E-state index in [0.29, 0.717) is 17.7 Å². The van der Waals surface area contributed by atoms with Gasteiger partial charge in [0.15, 0.2) is 0 Å². The average molecular weight is 346 g/mol. The standard InChI is InChI=1S/C18H26N4O3/c1-19-17(24)14-7-6-8-15(13-14)21-18(25)20-10-9-16(23)22-11-4-2-3-5-12-22/h6-8,13H,2-5,9-12H2,1H3,(H,19,24)(H2,20,21,25). The van der Waals surface area contributed by atoms with Crippen molar-refractivity contribution in [1.82, 2.24) is 15.5 Å². The largest absolute Gasteiger partial charge is 0.355 e. The van der Waals surface area contributed by atoms with Gasteiger partial charge in [-0.15, -0.1) is 0 Å². The molecule has 1 aliphatic heterocycles. The van der Waals surface area contributed by atoms with E-state index in [-0.39, 0.29) is 18.4 Å². The molecule has 0 atom stereocenters. The van der Waals surface area contributed by atoms with Gasteiger partial charge in [-0.25, -0.2) is 4.79 Å². The molecule has 1 heterocycles. The Morgan fingerprint density at radius 3 is 2.48 bits per heavy atom. The van der Waals surface area contributed by atoms with Gasteiger partial charge < -0.3 is 20.9 Å². The fourth-order valence-corrected chi connectivity index (χ4v) is 2.82. The third-order valence-corrected chi connectivity index (χ3v) is 4.19. The molecule has 2 rings (SSSR count). The Balaban J connectivity index is 1.75. The van der Waals surface area contributed by atoms with Crippen molar-refractivity contribution >= 4 is 23.5 Å². The Labute approximate surface area is 148 Å². The number of urea groups is 1. The fourth-order valence-electron chi connectivity index (χ4n) is 2.82. The molecule has 3 N–H and O–H groups in total. The third-order valence-electron chi connectivity index (χ3n) is 4.19. The molecule has 25 heavy (non-hydrogen) atoms. The average Bonchev–Trinajstić information content (AvgIpc) is 2.90. The van der Waals surface area contributed by atoms with E-state index >= 15 is 0 Å². The summed E-state index contributed by atoms with van der Waals surface area (Å²) in [5.41, 5.74) is 0.995. The highest BCUT2D eigenvalue weighted by atomic mass is 16.2. The maximum atomic E-state index is 12.2. The van der Waals surface area contributed by atoms with Gasteiger partial charge in [-0.1, -0.05) is 18.9 Å². The summed E-state index contributed by atoms with van der Waals surface area (Å²) in [5, 5.41) is 7.89. The predicted molar refractivity (Wildman–Crippen MR) is 96.5 cm³/mol. The van der Waals surface area contributed by atoms with Gasteiger partial charge in [-0.3, -0.25) is 9.59 Å². The lowest BCUT2D eigenvalue weighted by molar-refractivity contribution is -0.131. The number of carbonyl (C=O) groups is 3. The van der Waals surface area contributed by atoms with E-state index in [0.717, 1.165) is 25.9 Å². The SMILES string of the molecule is CNC(=O)c1cccc(NC(=O)NCCC(=O)N2CCCCCC2)c1. The van der Waals surface area contributed by atoms with Crippen molar-refractivity contribution in [1.29, 1.82) is 0 Å². The highest BCUT2D eigenvalue weighted by Crippen LogP contribution is 2.11. The number of nitrogens with one attached hydrogen (secondary N) is 3. The minimum Gasteiger partial charge on any atom is -0.355 e. The van der Waals surface area contributed by atoms with Crippen LogP contribution in [0.4, 0.5) is 10.5 Å². The number of anilines is 1. The Bertz CT molecular complexity index is 610. The zero-order valence-electron chi connectivity index (χ0n) is 14.6. The lowest BCUT2D eigenvalue weighted by Crippen LogP contribution is -2.36. The second kappa shape index (κ2) is 9.66. The van der Waals surface area contributed by atoms with Crippen LogP contribution in [0.3, 0.4) is 0 Å². The first-order valence-corrected chi connectivity index (χ1v) is 8.75. The maximum Gasteiger partial charge on any atom is 0.319 e. The molecule has 0 spiro atoms. The minimum atomic E-state index is -0.391. The molecule has 0 aliphatic carbocycles. The van der Waals surface area contributed by atoms with Gasteiger partial charge in [-0.05, 0) is 31.0 Å². The highest BCUT2D eigenvalue weighted by molar-refractivity contribution is 5.96. The van der Waals surface area contributed by atoms with E-state index in [1.54, 1.807) is 31.3 Å². The summed E-state index contributed by atoms with van der Waals surface area (Å²) in [7, 11) is 1.55. The smallest absolute Gasteiger partial charge is 0.319 e. The summed E-state index contributed by atoms with van der Waals surface area (Å²) in [5.74, 6) is -0.129. The molecule has 0 unspecified atom stereocenters. The van der Waals surface area contributed by atoms with Crippen LogP contribution < -0.4 is 16.0 Å². The molecule has 7 nitrogen and oxygen atoms in total. The van der Waals surface area contributed by atoms with E-state index in [1.807, 2.05) is 4.90 Å². The monoisotopic (exact) mass is 346 g/mol. The van der Waals surface area contributed by atoms with Crippen LogP contribution in [0.1, 0.15) is 42.5 Å². The van der Waals surface area contributed by atoms with Crippen LogP contribution in [0.15, 0.2) is 24.3 Å². The zero-order chi connectivity index (χ0) is 18.1. The Hall–Kier alpha value is -2.57. The summed E-state index contributed by atoms with van der Waals surface area (Å²) >= 11 is 0. The third kappa shape index (κ3) is 6.10. The van der Waals surface area contributed by atoms with Crippen molar-refractivity contribution in [2.75, 3.05) is 32.0 Å². The number of hydrogen-bond donors (Lipinski definition) is 3. The van der Waals surface area contributed by atoms with E-state index in [4.69, 9.17) is 0 Å². The molecule has 1 fully saturated rings. The molecule has 1 aromatic rings. The molecule has 4 amide bonds. The van der Waals surface area contributed by atoms with Crippen molar-refractivity contribution in [2.24, 2.45) is 0 Å². The topological polar surface area (TPSA) is 90.5 Å². The van der Waals surface area contributed by atoms with Crippen molar-refractivity contribution in [2.45, 2.75) is 32.1 Å². The quantitative estimate of drug-likeness (QED) is 0.761. The molecule has 0 saturated carbocycles. The van der Waals surface area contributed by atoms with Crippen molar-refractivity contribution in [3.63, 3.8) is 0 Å². The number of amides is 4. The normalized spacial score (nSPS) is 14.4. The second-order valence-corrected chi connectivity index (χ2v) is 6.09. The summed E-state index contributed by atoms with van der Waals surface area (Å²) in [6, 6.07) is 6.28. The van der Waals surface area contributed by atoms with Crippen LogP contribution >= 0.6 is 0 Å². The first-order chi connectivity index (χ1) is 12.1. The first-order valence-electron chi connectivity index (χ1n) is 8.75. The Morgan fingerprint density at radius 2 is 1.80 bits per heavy atom. The molecule has 7 heteroatoms. The maximum absolute atomic E-state index is 12.2. The number of hydrogen-bond acceptors (Lipinski definition) is 3. The zero-order valence-corrected chi connectivity index (χ0v) is 14.6. The molecule has 0 radical (unpaired) electrons. The van der Waals surface area contributed by atoms with Gasteiger partial charge in [-0.2, -0.15) is 0 Å².